The van der Waals surface area contributed by atoms with E-state index in [0.29, 0.717) is 12.5 Å². The van der Waals surface area contributed by atoms with Crippen LogP contribution >= 0.6 is 15.9 Å². The third-order valence-electron chi connectivity index (χ3n) is 3.18. The maximum absolute atomic E-state index is 9.87. The van der Waals surface area contributed by atoms with E-state index in [0.717, 1.165) is 28.8 Å². The minimum atomic E-state index is -0.247. The average molecular weight is 285 g/mol. The largest absolute Gasteiger partial charge is 0.391 e. The van der Waals surface area contributed by atoms with Gasteiger partial charge in [-0.3, -0.25) is 0 Å². The molecule has 1 aliphatic rings. The van der Waals surface area contributed by atoms with Gasteiger partial charge in [-0.25, -0.2) is 4.98 Å². The Kier molecular flexibility index (Phi) is 3.50. The molecule has 2 heterocycles. The Morgan fingerprint density at radius 1 is 1.56 bits per heavy atom. The van der Waals surface area contributed by atoms with Gasteiger partial charge in [0.2, 0.25) is 0 Å². The summed E-state index contributed by atoms with van der Waals surface area (Å²) in [5.74, 6) is 1.33. The second-order valence-corrected chi connectivity index (χ2v) is 5.45. The van der Waals surface area contributed by atoms with Crippen LogP contribution in [0.4, 0.5) is 5.82 Å². The molecule has 2 atom stereocenters. The van der Waals surface area contributed by atoms with Gasteiger partial charge in [0.05, 0.1) is 10.6 Å². The van der Waals surface area contributed by atoms with E-state index < -0.39 is 0 Å². The van der Waals surface area contributed by atoms with E-state index in [1.807, 2.05) is 13.1 Å². The monoisotopic (exact) mass is 284 g/mol. The Bertz CT molecular complexity index is 383. The number of aliphatic hydroxyl groups excluding tert-OH is 1. The van der Waals surface area contributed by atoms with Crippen molar-refractivity contribution in [2.45, 2.75) is 26.4 Å². The summed E-state index contributed by atoms with van der Waals surface area (Å²) in [4.78, 5) is 6.58. The molecule has 1 aromatic heterocycles. The Morgan fingerprint density at radius 3 is 2.94 bits per heavy atom. The van der Waals surface area contributed by atoms with Crippen molar-refractivity contribution in [2.24, 2.45) is 5.92 Å². The molecule has 1 saturated heterocycles. The first-order valence-corrected chi connectivity index (χ1v) is 6.42. The zero-order valence-electron chi connectivity index (χ0n) is 9.65. The van der Waals surface area contributed by atoms with Crippen molar-refractivity contribution in [3.63, 3.8) is 0 Å². The number of hydrogen-bond donors (Lipinski definition) is 1. The molecule has 0 saturated carbocycles. The fourth-order valence-corrected chi connectivity index (χ4v) is 2.71. The lowest BCUT2D eigenvalue weighted by molar-refractivity contribution is 0.102. The molecule has 2 rings (SSSR count). The van der Waals surface area contributed by atoms with Crippen LogP contribution in [0.15, 0.2) is 16.7 Å². The first-order valence-electron chi connectivity index (χ1n) is 5.63. The lowest BCUT2D eigenvalue weighted by Crippen LogP contribution is -2.43. The first kappa shape index (κ1) is 11.9. The second-order valence-electron chi connectivity index (χ2n) is 4.60. The highest BCUT2D eigenvalue weighted by atomic mass is 79.9. The highest BCUT2D eigenvalue weighted by molar-refractivity contribution is 9.10. The zero-order valence-corrected chi connectivity index (χ0v) is 11.2. The van der Waals surface area contributed by atoms with Crippen LogP contribution in [0.3, 0.4) is 0 Å². The lowest BCUT2D eigenvalue weighted by Gasteiger charge is -2.35. The van der Waals surface area contributed by atoms with Gasteiger partial charge in [0.15, 0.2) is 0 Å². The van der Waals surface area contributed by atoms with Crippen LogP contribution in [-0.2, 0) is 0 Å². The Hall–Kier alpha value is -0.610. The van der Waals surface area contributed by atoms with Crippen molar-refractivity contribution < 1.29 is 5.11 Å². The van der Waals surface area contributed by atoms with Gasteiger partial charge in [0, 0.05) is 19.3 Å². The van der Waals surface area contributed by atoms with Crippen LogP contribution in [-0.4, -0.2) is 29.3 Å². The number of aryl methyl sites for hydroxylation is 1. The van der Waals surface area contributed by atoms with Crippen LogP contribution in [0.25, 0.3) is 0 Å². The summed E-state index contributed by atoms with van der Waals surface area (Å²) in [5.41, 5.74) is 1.14. The Balaban J connectivity index is 2.18. The molecule has 1 aromatic rings. The molecule has 88 valence electrons. The van der Waals surface area contributed by atoms with Gasteiger partial charge in [-0.1, -0.05) is 6.92 Å². The number of aromatic nitrogens is 1. The summed E-state index contributed by atoms with van der Waals surface area (Å²) in [5, 5.41) is 9.87. The molecule has 3 nitrogen and oxygen atoms in total. The minimum Gasteiger partial charge on any atom is -0.391 e. The quantitative estimate of drug-likeness (QED) is 0.860. The highest BCUT2D eigenvalue weighted by Crippen LogP contribution is 2.28. The van der Waals surface area contributed by atoms with E-state index in [2.05, 4.69) is 38.8 Å². The maximum atomic E-state index is 9.87. The number of halogens is 1. The predicted octanol–water partition coefficient (Wildman–Crippen LogP) is 2.36. The number of rotatable bonds is 1. The Labute approximate surface area is 105 Å². The summed E-state index contributed by atoms with van der Waals surface area (Å²) in [7, 11) is 0. The standard InChI is InChI=1S/C12H17BrN2O/c1-8-5-10(13)12(14-6-8)15-4-3-9(2)11(16)7-15/h5-6,9,11,16H,3-4,7H2,1-2H3. The molecule has 1 aliphatic heterocycles. The summed E-state index contributed by atoms with van der Waals surface area (Å²) < 4.78 is 1.01. The smallest absolute Gasteiger partial charge is 0.142 e. The van der Waals surface area contributed by atoms with E-state index in [9.17, 15) is 5.11 Å². The normalized spacial score (nSPS) is 25.9. The first-order chi connectivity index (χ1) is 7.58. The Morgan fingerprint density at radius 2 is 2.31 bits per heavy atom. The third kappa shape index (κ3) is 2.38. The lowest BCUT2D eigenvalue weighted by atomic mass is 9.96. The number of pyridine rings is 1. The van der Waals surface area contributed by atoms with Crippen LogP contribution in [0.2, 0.25) is 0 Å². The molecule has 16 heavy (non-hydrogen) atoms. The molecule has 1 N–H and O–H groups in total. The van der Waals surface area contributed by atoms with Gasteiger partial charge >= 0.3 is 0 Å². The van der Waals surface area contributed by atoms with E-state index >= 15 is 0 Å². The van der Waals surface area contributed by atoms with Gasteiger partial charge in [-0.15, -0.1) is 0 Å². The zero-order chi connectivity index (χ0) is 11.7. The molecule has 4 heteroatoms. The minimum absolute atomic E-state index is 0.247. The number of piperidine rings is 1. The summed E-state index contributed by atoms with van der Waals surface area (Å²) in [6.07, 6.45) is 2.64. The van der Waals surface area contributed by atoms with Gasteiger partial charge in [0.25, 0.3) is 0 Å². The van der Waals surface area contributed by atoms with Crippen molar-refractivity contribution in [1.82, 2.24) is 4.98 Å². The van der Waals surface area contributed by atoms with Gasteiger partial charge < -0.3 is 10.0 Å². The topological polar surface area (TPSA) is 36.4 Å². The summed E-state index contributed by atoms with van der Waals surface area (Å²) >= 11 is 3.53. The number of β-amino-alcohol motifs (C(OH)–C–C–N with tert-alkyl or cyclic N) is 1. The van der Waals surface area contributed by atoms with Crippen LogP contribution < -0.4 is 4.90 Å². The van der Waals surface area contributed by atoms with E-state index in [1.54, 1.807) is 0 Å². The van der Waals surface area contributed by atoms with Gasteiger partial charge in [-0.2, -0.15) is 0 Å². The average Bonchev–Trinajstić information content (AvgIpc) is 2.22. The number of hydrogen-bond acceptors (Lipinski definition) is 3. The van der Waals surface area contributed by atoms with Crippen molar-refractivity contribution in [3.05, 3.63) is 22.3 Å². The summed E-state index contributed by atoms with van der Waals surface area (Å²) in [6, 6.07) is 2.06. The van der Waals surface area contributed by atoms with E-state index in [-0.39, 0.29) is 6.10 Å². The molecule has 0 aliphatic carbocycles. The molecule has 0 radical (unpaired) electrons. The highest BCUT2D eigenvalue weighted by Gasteiger charge is 2.25. The van der Waals surface area contributed by atoms with Crippen molar-refractivity contribution in [2.75, 3.05) is 18.0 Å². The SMILES string of the molecule is Cc1cnc(N2CCC(C)C(O)C2)c(Br)c1. The number of aliphatic hydroxyl groups is 1. The molecule has 0 bridgehead atoms. The fraction of sp³-hybridized carbons (Fsp3) is 0.583. The molecular weight excluding hydrogens is 268 g/mol. The third-order valence-corrected chi connectivity index (χ3v) is 3.76. The molecular formula is C12H17BrN2O. The van der Waals surface area contributed by atoms with Crippen molar-refractivity contribution >= 4 is 21.7 Å². The van der Waals surface area contributed by atoms with Crippen molar-refractivity contribution in [1.29, 1.82) is 0 Å². The predicted molar refractivity (Wildman–Crippen MR) is 68.7 cm³/mol. The fourth-order valence-electron chi connectivity index (χ4n) is 2.00. The number of nitrogens with zero attached hydrogens (tertiary/aromatic N) is 2. The van der Waals surface area contributed by atoms with E-state index in [1.165, 1.54) is 0 Å². The molecule has 1 fully saturated rings. The van der Waals surface area contributed by atoms with Crippen LogP contribution in [0.5, 0.6) is 0 Å². The van der Waals surface area contributed by atoms with Gasteiger partial charge in [0.1, 0.15) is 5.82 Å². The van der Waals surface area contributed by atoms with Crippen LogP contribution in [0.1, 0.15) is 18.9 Å². The maximum Gasteiger partial charge on any atom is 0.142 e. The molecule has 0 spiro atoms. The van der Waals surface area contributed by atoms with E-state index in [4.69, 9.17) is 0 Å². The molecule has 0 aromatic carbocycles. The molecule has 2 unspecified atom stereocenters. The van der Waals surface area contributed by atoms with Crippen LogP contribution in [0, 0.1) is 12.8 Å². The second kappa shape index (κ2) is 4.72. The summed E-state index contributed by atoms with van der Waals surface area (Å²) in [6.45, 7) is 5.76. The van der Waals surface area contributed by atoms with Crippen molar-refractivity contribution in [3.8, 4) is 0 Å². The molecule has 0 amide bonds. The number of anilines is 1. The van der Waals surface area contributed by atoms with Gasteiger partial charge in [-0.05, 0) is 46.8 Å².